The number of halogens is 2. The van der Waals surface area contributed by atoms with E-state index >= 15 is 0 Å². The molecule has 0 radical (unpaired) electrons. The van der Waals surface area contributed by atoms with Crippen molar-refractivity contribution in [1.82, 2.24) is 18.9 Å². The first-order valence-electron chi connectivity index (χ1n) is 5.78. The van der Waals surface area contributed by atoms with Crippen molar-refractivity contribution in [2.45, 2.75) is 11.8 Å². The van der Waals surface area contributed by atoms with Crippen molar-refractivity contribution in [3.63, 3.8) is 0 Å². The fraction of sp³-hybridized carbons (Fsp3) is 0.0833. The van der Waals surface area contributed by atoms with Crippen molar-refractivity contribution in [1.29, 1.82) is 0 Å². The summed E-state index contributed by atoms with van der Waals surface area (Å²) < 4.78 is 26.2. The number of rotatable bonds is 2. The molecule has 0 spiro atoms. The van der Waals surface area contributed by atoms with Crippen LogP contribution in [0.3, 0.4) is 0 Å². The third-order valence-electron chi connectivity index (χ3n) is 2.87. The number of hydrogen-bond acceptors (Lipinski definition) is 5. The van der Waals surface area contributed by atoms with Gasteiger partial charge in [0.25, 0.3) is 10.0 Å². The van der Waals surface area contributed by atoms with Crippen LogP contribution in [0, 0.1) is 6.92 Å². The lowest BCUT2D eigenvalue weighted by Crippen LogP contribution is -2.12. The standard InChI is InChI=1S/C12H8Cl2N4O2S/c1-7-2-4-8(5-3-7)21(19,20)18-6-15-9-10(13)16-12(14)17-11(9)18/h2-6H,1H3. The molecule has 3 rings (SSSR count). The van der Waals surface area contributed by atoms with Crippen LogP contribution in [0.2, 0.25) is 10.4 Å². The smallest absolute Gasteiger partial charge is 0.231 e. The normalized spacial score (nSPS) is 12.0. The van der Waals surface area contributed by atoms with Crippen LogP contribution in [0.5, 0.6) is 0 Å². The molecule has 0 N–H and O–H groups in total. The fourth-order valence-corrected chi connectivity index (χ4v) is 3.48. The number of nitrogens with zero attached hydrogens (tertiary/aromatic N) is 4. The molecule has 3 aromatic rings. The van der Waals surface area contributed by atoms with E-state index in [4.69, 9.17) is 23.2 Å². The van der Waals surface area contributed by atoms with E-state index in [1.54, 1.807) is 12.1 Å². The van der Waals surface area contributed by atoms with Crippen molar-refractivity contribution in [2.75, 3.05) is 0 Å². The molecule has 108 valence electrons. The number of fused-ring (bicyclic) bond motifs is 1. The molecule has 0 saturated heterocycles. The Bertz CT molecular complexity index is 936. The molecule has 0 aliphatic heterocycles. The van der Waals surface area contributed by atoms with Crippen LogP contribution >= 0.6 is 23.2 Å². The van der Waals surface area contributed by atoms with Gasteiger partial charge in [-0.15, -0.1) is 0 Å². The Morgan fingerprint density at radius 3 is 2.43 bits per heavy atom. The van der Waals surface area contributed by atoms with Gasteiger partial charge in [-0.2, -0.15) is 4.98 Å². The van der Waals surface area contributed by atoms with Crippen LogP contribution in [0.1, 0.15) is 5.56 Å². The SMILES string of the molecule is Cc1ccc(S(=O)(=O)n2cnc3c(Cl)nc(Cl)nc32)cc1. The molecule has 0 aliphatic rings. The third kappa shape index (κ3) is 2.37. The Hall–Kier alpha value is -1.70. The van der Waals surface area contributed by atoms with Crippen molar-refractivity contribution in [3.8, 4) is 0 Å². The molecule has 2 aromatic heterocycles. The van der Waals surface area contributed by atoms with Gasteiger partial charge in [0, 0.05) is 0 Å². The average Bonchev–Trinajstić information content (AvgIpc) is 2.83. The Labute approximate surface area is 130 Å². The summed E-state index contributed by atoms with van der Waals surface area (Å²) in [5.74, 6) is 0. The molecule has 2 heterocycles. The molecule has 0 atom stereocenters. The molecule has 0 bridgehead atoms. The lowest BCUT2D eigenvalue weighted by atomic mass is 10.2. The summed E-state index contributed by atoms with van der Waals surface area (Å²) in [6, 6.07) is 6.45. The van der Waals surface area contributed by atoms with Gasteiger partial charge in [-0.1, -0.05) is 29.3 Å². The van der Waals surface area contributed by atoms with E-state index in [2.05, 4.69) is 15.0 Å². The van der Waals surface area contributed by atoms with E-state index in [1.165, 1.54) is 12.1 Å². The van der Waals surface area contributed by atoms with E-state index in [0.717, 1.165) is 15.9 Å². The fourth-order valence-electron chi connectivity index (χ4n) is 1.82. The van der Waals surface area contributed by atoms with Gasteiger partial charge in [-0.3, -0.25) is 0 Å². The summed E-state index contributed by atoms with van der Waals surface area (Å²) in [7, 11) is -3.83. The lowest BCUT2D eigenvalue weighted by Gasteiger charge is -2.06. The summed E-state index contributed by atoms with van der Waals surface area (Å²) in [5, 5.41) is -0.142. The predicted octanol–water partition coefficient (Wildman–Crippen LogP) is 2.68. The Balaban J connectivity index is 2.27. The summed E-state index contributed by atoms with van der Waals surface area (Å²) >= 11 is 11.6. The first-order valence-corrected chi connectivity index (χ1v) is 7.97. The maximum absolute atomic E-state index is 12.6. The van der Waals surface area contributed by atoms with Crippen LogP contribution in [0.25, 0.3) is 11.2 Å². The summed E-state index contributed by atoms with van der Waals surface area (Å²) in [4.78, 5) is 11.7. The van der Waals surface area contributed by atoms with E-state index in [9.17, 15) is 8.42 Å². The van der Waals surface area contributed by atoms with Crippen LogP contribution in [0.4, 0.5) is 0 Å². The number of hydrogen-bond donors (Lipinski definition) is 0. The van der Waals surface area contributed by atoms with Gasteiger partial charge in [0.15, 0.2) is 10.8 Å². The largest absolute Gasteiger partial charge is 0.270 e. The van der Waals surface area contributed by atoms with Gasteiger partial charge in [-0.05, 0) is 30.7 Å². The highest BCUT2D eigenvalue weighted by Crippen LogP contribution is 2.24. The Morgan fingerprint density at radius 1 is 1.10 bits per heavy atom. The van der Waals surface area contributed by atoms with Gasteiger partial charge in [0.05, 0.1) is 4.90 Å². The molecule has 9 heteroatoms. The molecule has 0 saturated carbocycles. The first-order chi connectivity index (χ1) is 9.89. The monoisotopic (exact) mass is 342 g/mol. The van der Waals surface area contributed by atoms with Crippen LogP contribution in [-0.4, -0.2) is 27.3 Å². The number of benzene rings is 1. The van der Waals surface area contributed by atoms with Crippen molar-refractivity contribution in [3.05, 3.63) is 46.6 Å². The van der Waals surface area contributed by atoms with Gasteiger partial charge >= 0.3 is 0 Å². The maximum atomic E-state index is 12.6. The third-order valence-corrected chi connectivity index (χ3v) is 4.96. The summed E-state index contributed by atoms with van der Waals surface area (Å²) in [5.41, 5.74) is 1.18. The highest BCUT2D eigenvalue weighted by atomic mass is 35.5. The second-order valence-electron chi connectivity index (χ2n) is 4.31. The van der Waals surface area contributed by atoms with Gasteiger partial charge in [-0.25, -0.2) is 22.4 Å². The number of aromatic nitrogens is 4. The summed E-state index contributed by atoms with van der Waals surface area (Å²) in [6.07, 6.45) is 1.14. The topological polar surface area (TPSA) is 77.7 Å². The molecule has 1 aromatic carbocycles. The predicted molar refractivity (Wildman–Crippen MR) is 79.1 cm³/mol. The molecule has 21 heavy (non-hydrogen) atoms. The zero-order valence-corrected chi connectivity index (χ0v) is 13.0. The van der Waals surface area contributed by atoms with Gasteiger partial charge in [0.1, 0.15) is 11.8 Å². The number of imidazole rings is 1. The van der Waals surface area contributed by atoms with Crippen molar-refractivity contribution >= 4 is 44.4 Å². The zero-order valence-electron chi connectivity index (χ0n) is 10.7. The average molecular weight is 343 g/mol. The molecule has 6 nitrogen and oxygen atoms in total. The molecular weight excluding hydrogens is 335 g/mol. The lowest BCUT2D eigenvalue weighted by molar-refractivity contribution is 0.588. The quantitative estimate of drug-likeness (QED) is 0.528. The second kappa shape index (κ2) is 4.94. The highest BCUT2D eigenvalue weighted by molar-refractivity contribution is 7.90. The maximum Gasteiger partial charge on any atom is 0.270 e. The summed E-state index contributed by atoms with van der Waals surface area (Å²) in [6.45, 7) is 1.87. The molecular formula is C12H8Cl2N4O2S. The van der Waals surface area contributed by atoms with E-state index < -0.39 is 10.0 Å². The number of aryl methyl sites for hydroxylation is 1. The minimum atomic E-state index is -3.83. The second-order valence-corrected chi connectivity index (χ2v) is 6.83. The van der Waals surface area contributed by atoms with Gasteiger partial charge < -0.3 is 0 Å². The van der Waals surface area contributed by atoms with E-state index in [1.807, 2.05) is 6.92 Å². The zero-order chi connectivity index (χ0) is 15.2. The Kier molecular flexibility index (Phi) is 3.35. The first kappa shape index (κ1) is 14.2. The van der Waals surface area contributed by atoms with Gasteiger partial charge in [0.2, 0.25) is 5.28 Å². The molecule has 0 unspecified atom stereocenters. The van der Waals surface area contributed by atoms with E-state index in [-0.39, 0.29) is 26.5 Å². The minimum absolute atomic E-state index is 0.00264. The van der Waals surface area contributed by atoms with Crippen LogP contribution < -0.4 is 0 Å². The van der Waals surface area contributed by atoms with E-state index in [0.29, 0.717) is 0 Å². The van der Waals surface area contributed by atoms with Crippen molar-refractivity contribution < 1.29 is 8.42 Å². The van der Waals surface area contributed by atoms with Crippen LogP contribution in [0.15, 0.2) is 35.5 Å². The minimum Gasteiger partial charge on any atom is -0.231 e. The van der Waals surface area contributed by atoms with Crippen molar-refractivity contribution in [2.24, 2.45) is 0 Å². The molecule has 0 amide bonds. The molecule has 0 fully saturated rings. The highest BCUT2D eigenvalue weighted by Gasteiger charge is 2.22. The van der Waals surface area contributed by atoms with Crippen LogP contribution in [-0.2, 0) is 10.0 Å². The molecule has 0 aliphatic carbocycles. The Morgan fingerprint density at radius 2 is 1.76 bits per heavy atom.